The Kier molecular flexibility index (Phi) is 4.41. The van der Waals surface area contributed by atoms with Crippen LogP contribution in [-0.2, 0) is 21.2 Å². The zero-order valence-electron chi connectivity index (χ0n) is 12.8. The highest BCUT2D eigenvalue weighted by molar-refractivity contribution is 7.94. The highest BCUT2D eigenvalue weighted by Crippen LogP contribution is 2.27. The SMILES string of the molecule is CCc1ccc(S(=O)(=O)Nc2cccc(N3CCCC3=O)c2)s1. The second kappa shape index (κ2) is 6.33. The highest BCUT2D eigenvalue weighted by Gasteiger charge is 2.22. The maximum absolute atomic E-state index is 12.4. The van der Waals surface area contributed by atoms with E-state index in [1.165, 1.54) is 11.3 Å². The van der Waals surface area contributed by atoms with Gasteiger partial charge in [-0.25, -0.2) is 8.42 Å². The minimum absolute atomic E-state index is 0.0795. The average molecular weight is 350 g/mol. The summed E-state index contributed by atoms with van der Waals surface area (Å²) < 4.78 is 27.8. The standard InChI is InChI=1S/C16H18N2O3S2/c1-2-14-8-9-16(22-14)23(20,21)17-12-5-3-6-13(11-12)18-10-4-7-15(18)19/h3,5-6,8-9,11,17H,2,4,7,10H2,1H3. The van der Waals surface area contributed by atoms with Gasteiger partial charge in [0.1, 0.15) is 4.21 Å². The van der Waals surface area contributed by atoms with Gasteiger partial charge in [-0.1, -0.05) is 13.0 Å². The first-order chi connectivity index (χ1) is 11.0. The summed E-state index contributed by atoms with van der Waals surface area (Å²) in [4.78, 5) is 14.5. The van der Waals surface area contributed by atoms with Gasteiger partial charge in [0.05, 0.1) is 5.69 Å². The molecule has 2 aromatic rings. The van der Waals surface area contributed by atoms with E-state index in [0.29, 0.717) is 22.9 Å². The van der Waals surface area contributed by atoms with Gasteiger partial charge in [0.2, 0.25) is 5.91 Å². The number of carbonyl (C=O) groups is 1. The lowest BCUT2D eigenvalue weighted by atomic mass is 10.2. The van der Waals surface area contributed by atoms with Crippen LogP contribution in [0.2, 0.25) is 0 Å². The van der Waals surface area contributed by atoms with Crippen molar-refractivity contribution in [3.05, 3.63) is 41.3 Å². The molecule has 0 radical (unpaired) electrons. The Labute approximate surface area is 140 Å². The second-order valence-corrected chi connectivity index (χ2v) is 8.46. The van der Waals surface area contributed by atoms with E-state index in [9.17, 15) is 13.2 Å². The predicted octanol–water partition coefficient (Wildman–Crippen LogP) is 3.24. The topological polar surface area (TPSA) is 66.5 Å². The molecule has 122 valence electrons. The molecule has 0 spiro atoms. The van der Waals surface area contributed by atoms with Crippen LogP contribution in [0.3, 0.4) is 0 Å². The smallest absolute Gasteiger partial charge is 0.271 e. The third kappa shape index (κ3) is 3.40. The fourth-order valence-corrected chi connectivity index (χ4v) is 4.90. The Hall–Kier alpha value is -1.86. The molecule has 5 nitrogen and oxygen atoms in total. The van der Waals surface area contributed by atoms with Gasteiger partial charge in [-0.2, -0.15) is 0 Å². The Balaban J connectivity index is 1.83. The largest absolute Gasteiger partial charge is 0.312 e. The van der Waals surface area contributed by atoms with Crippen LogP contribution in [0.15, 0.2) is 40.6 Å². The Morgan fingerprint density at radius 3 is 2.74 bits per heavy atom. The monoisotopic (exact) mass is 350 g/mol. The first kappa shape index (κ1) is 16.0. The van der Waals surface area contributed by atoms with Gasteiger partial charge in [-0.05, 0) is 43.2 Å². The summed E-state index contributed by atoms with van der Waals surface area (Å²) in [5.41, 5.74) is 1.20. The van der Waals surface area contributed by atoms with Gasteiger partial charge < -0.3 is 4.90 Å². The summed E-state index contributed by atoms with van der Waals surface area (Å²) in [5.74, 6) is 0.0795. The summed E-state index contributed by atoms with van der Waals surface area (Å²) >= 11 is 1.27. The van der Waals surface area contributed by atoms with Crippen LogP contribution in [0.4, 0.5) is 11.4 Å². The molecule has 0 aliphatic carbocycles. The van der Waals surface area contributed by atoms with E-state index in [-0.39, 0.29) is 5.91 Å². The summed E-state index contributed by atoms with van der Waals surface area (Å²) in [6.07, 6.45) is 2.20. The fraction of sp³-hybridized carbons (Fsp3) is 0.312. The van der Waals surface area contributed by atoms with Gasteiger partial charge in [0.25, 0.3) is 10.0 Å². The molecule has 1 N–H and O–H groups in total. The predicted molar refractivity (Wildman–Crippen MR) is 92.5 cm³/mol. The number of carbonyl (C=O) groups excluding carboxylic acids is 1. The van der Waals surface area contributed by atoms with E-state index in [1.54, 1.807) is 29.2 Å². The van der Waals surface area contributed by atoms with E-state index >= 15 is 0 Å². The molecule has 2 heterocycles. The number of aryl methyl sites for hydroxylation is 1. The first-order valence-electron chi connectivity index (χ1n) is 7.51. The maximum Gasteiger partial charge on any atom is 0.271 e. The van der Waals surface area contributed by atoms with Crippen molar-refractivity contribution in [2.45, 2.75) is 30.4 Å². The van der Waals surface area contributed by atoms with E-state index in [2.05, 4.69) is 4.72 Å². The second-order valence-electron chi connectivity index (χ2n) is 5.38. The van der Waals surface area contributed by atoms with Crippen LogP contribution in [0, 0.1) is 0 Å². The van der Waals surface area contributed by atoms with E-state index in [4.69, 9.17) is 0 Å². The molecule has 1 amide bonds. The molecule has 0 atom stereocenters. The molecular weight excluding hydrogens is 332 g/mol. The Morgan fingerprint density at radius 1 is 1.26 bits per heavy atom. The highest BCUT2D eigenvalue weighted by atomic mass is 32.2. The zero-order valence-corrected chi connectivity index (χ0v) is 14.4. The normalized spacial score (nSPS) is 15.2. The molecule has 0 saturated carbocycles. The molecule has 1 aliphatic heterocycles. The van der Waals surface area contributed by atoms with Crippen molar-refractivity contribution in [1.82, 2.24) is 0 Å². The molecule has 1 fully saturated rings. The third-order valence-electron chi connectivity index (χ3n) is 3.73. The van der Waals surface area contributed by atoms with Crippen LogP contribution in [0.25, 0.3) is 0 Å². The molecule has 23 heavy (non-hydrogen) atoms. The number of nitrogens with one attached hydrogen (secondary N) is 1. The molecular formula is C16H18N2O3S2. The molecule has 3 rings (SSSR count). The summed E-state index contributed by atoms with van der Waals surface area (Å²) in [7, 11) is -3.59. The van der Waals surface area contributed by atoms with Crippen LogP contribution in [0.1, 0.15) is 24.6 Å². The van der Waals surface area contributed by atoms with Gasteiger partial charge in [0, 0.05) is 23.5 Å². The van der Waals surface area contributed by atoms with E-state index < -0.39 is 10.0 Å². The van der Waals surface area contributed by atoms with Crippen LogP contribution >= 0.6 is 11.3 Å². The number of benzene rings is 1. The number of amides is 1. The van der Waals surface area contributed by atoms with Gasteiger partial charge >= 0.3 is 0 Å². The molecule has 0 bridgehead atoms. The van der Waals surface area contributed by atoms with E-state index in [0.717, 1.165) is 23.4 Å². The third-order valence-corrected chi connectivity index (χ3v) is 6.84. The lowest BCUT2D eigenvalue weighted by Crippen LogP contribution is -2.23. The number of hydrogen-bond acceptors (Lipinski definition) is 4. The van der Waals surface area contributed by atoms with Crippen LogP contribution in [-0.4, -0.2) is 20.9 Å². The molecule has 1 saturated heterocycles. The Bertz CT molecular complexity index is 827. The summed E-state index contributed by atoms with van der Waals surface area (Å²) in [6.45, 7) is 2.67. The number of hydrogen-bond donors (Lipinski definition) is 1. The van der Waals surface area contributed by atoms with Crippen molar-refractivity contribution in [2.75, 3.05) is 16.2 Å². The van der Waals surface area contributed by atoms with Crippen LogP contribution in [0.5, 0.6) is 0 Å². The number of rotatable bonds is 5. The van der Waals surface area contributed by atoms with Crippen molar-refractivity contribution in [3.8, 4) is 0 Å². The lowest BCUT2D eigenvalue weighted by Gasteiger charge is -2.17. The average Bonchev–Trinajstić information content (AvgIpc) is 3.16. The fourth-order valence-electron chi connectivity index (χ4n) is 2.56. The molecule has 1 aromatic heterocycles. The Morgan fingerprint density at radius 2 is 2.09 bits per heavy atom. The van der Waals surface area contributed by atoms with Gasteiger partial charge in [0.15, 0.2) is 0 Å². The lowest BCUT2D eigenvalue weighted by molar-refractivity contribution is -0.117. The number of sulfonamides is 1. The summed E-state index contributed by atoms with van der Waals surface area (Å²) in [5, 5.41) is 0. The minimum atomic E-state index is -3.59. The van der Waals surface area contributed by atoms with Gasteiger partial charge in [-0.15, -0.1) is 11.3 Å². The molecule has 1 aromatic carbocycles. The number of nitrogens with zero attached hydrogens (tertiary/aromatic N) is 1. The van der Waals surface area contributed by atoms with E-state index in [1.807, 2.05) is 19.1 Å². The quantitative estimate of drug-likeness (QED) is 0.900. The minimum Gasteiger partial charge on any atom is -0.312 e. The van der Waals surface area contributed by atoms with Crippen molar-refractivity contribution in [1.29, 1.82) is 0 Å². The van der Waals surface area contributed by atoms with Crippen molar-refractivity contribution < 1.29 is 13.2 Å². The maximum atomic E-state index is 12.4. The number of thiophene rings is 1. The number of anilines is 2. The zero-order chi connectivity index (χ0) is 16.4. The molecule has 1 aliphatic rings. The van der Waals surface area contributed by atoms with Gasteiger partial charge in [-0.3, -0.25) is 9.52 Å². The van der Waals surface area contributed by atoms with Crippen molar-refractivity contribution >= 4 is 38.6 Å². The molecule has 0 unspecified atom stereocenters. The first-order valence-corrected chi connectivity index (χ1v) is 9.81. The molecule has 7 heteroatoms. The van der Waals surface area contributed by atoms with Crippen LogP contribution < -0.4 is 9.62 Å². The van der Waals surface area contributed by atoms with Crippen molar-refractivity contribution in [2.24, 2.45) is 0 Å². The van der Waals surface area contributed by atoms with Crippen molar-refractivity contribution in [3.63, 3.8) is 0 Å². The summed E-state index contributed by atoms with van der Waals surface area (Å²) in [6, 6.07) is 10.4.